The van der Waals surface area contributed by atoms with Crippen LogP contribution in [0, 0.1) is 5.41 Å². The number of ether oxygens (including phenoxy) is 1. The predicted octanol–water partition coefficient (Wildman–Crippen LogP) is 1.62. The standard InChI is InChI=1S/C16H21NO3/c1-20-13-5-3-2-4-12(13)16(8-9-16)14(19)17-10-15(11-18)6-7-15/h2-5,18H,6-11H2,1H3,(H,17,19). The Bertz CT molecular complexity index is 518. The molecule has 1 amide bonds. The Morgan fingerprint density at radius 1 is 1.30 bits per heavy atom. The second-order valence-electron chi connectivity index (χ2n) is 6.12. The molecule has 0 saturated heterocycles. The van der Waals surface area contributed by atoms with Crippen LogP contribution >= 0.6 is 0 Å². The van der Waals surface area contributed by atoms with E-state index in [-0.39, 0.29) is 17.9 Å². The van der Waals surface area contributed by atoms with Gasteiger partial charge in [0.15, 0.2) is 0 Å². The summed E-state index contributed by atoms with van der Waals surface area (Å²) in [6.45, 7) is 0.744. The Labute approximate surface area is 119 Å². The Morgan fingerprint density at radius 3 is 2.55 bits per heavy atom. The van der Waals surface area contributed by atoms with Crippen molar-refractivity contribution in [3.05, 3.63) is 29.8 Å². The molecule has 2 saturated carbocycles. The van der Waals surface area contributed by atoms with Crippen molar-refractivity contribution in [1.29, 1.82) is 0 Å². The minimum Gasteiger partial charge on any atom is -0.496 e. The summed E-state index contributed by atoms with van der Waals surface area (Å²) in [5.74, 6) is 0.852. The molecule has 2 N–H and O–H groups in total. The number of methoxy groups -OCH3 is 1. The molecule has 2 aliphatic carbocycles. The molecule has 0 bridgehead atoms. The third-order valence-corrected chi connectivity index (χ3v) is 4.72. The summed E-state index contributed by atoms with van der Waals surface area (Å²) in [4.78, 5) is 12.5. The summed E-state index contributed by atoms with van der Waals surface area (Å²) in [5.41, 5.74) is 0.513. The van der Waals surface area contributed by atoms with Crippen LogP contribution in [0.5, 0.6) is 5.75 Å². The summed E-state index contributed by atoms with van der Waals surface area (Å²) in [6, 6.07) is 7.74. The van der Waals surface area contributed by atoms with Crippen LogP contribution < -0.4 is 10.1 Å². The van der Waals surface area contributed by atoms with Gasteiger partial charge in [0, 0.05) is 17.5 Å². The number of benzene rings is 1. The average molecular weight is 275 g/mol. The summed E-state index contributed by atoms with van der Waals surface area (Å²) >= 11 is 0. The molecule has 0 atom stereocenters. The average Bonchev–Trinajstić information content (AvgIpc) is 3.39. The number of nitrogens with one attached hydrogen (secondary N) is 1. The molecular formula is C16H21NO3. The zero-order valence-electron chi connectivity index (χ0n) is 11.8. The molecule has 0 spiro atoms. The number of carbonyl (C=O) groups is 1. The third kappa shape index (κ3) is 2.18. The number of aliphatic hydroxyl groups excluding tert-OH is 1. The van der Waals surface area contributed by atoms with E-state index in [1.165, 1.54) is 0 Å². The number of hydrogen-bond acceptors (Lipinski definition) is 3. The second kappa shape index (κ2) is 4.77. The van der Waals surface area contributed by atoms with E-state index in [4.69, 9.17) is 4.74 Å². The van der Waals surface area contributed by atoms with Gasteiger partial charge in [0.05, 0.1) is 19.1 Å². The van der Waals surface area contributed by atoms with Crippen molar-refractivity contribution in [2.45, 2.75) is 31.1 Å². The van der Waals surface area contributed by atoms with Gasteiger partial charge < -0.3 is 15.2 Å². The molecule has 0 heterocycles. The van der Waals surface area contributed by atoms with Crippen LogP contribution in [-0.2, 0) is 10.2 Å². The molecule has 0 aromatic heterocycles. The Balaban J connectivity index is 1.73. The van der Waals surface area contributed by atoms with Crippen LogP contribution in [0.15, 0.2) is 24.3 Å². The van der Waals surface area contributed by atoms with Crippen molar-refractivity contribution in [1.82, 2.24) is 5.32 Å². The summed E-state index contributed by atoms with van der Waals surface area (Å²) in [5, 5.41) is 12.4. The maximum absolute atomic E-state index is 12.5. The van der Waals surface area contributed by atoms with Gasteiger partial charge in [-0.3, -0.25) is 4.79 Å². The highest BCUT2D eigenvalue weighted by atomic mass is 16.5. The van der Waals surface area contributed by atoms with E-state index in [0.29, 0.717) is 6.54 Å². The van der Waals surface area contributed by atoms with E-state index >= 15 is 0 Å². The van der Waals surface area contributed by atoms with E-state index in [9.17, 15) is 9.90 Å². The van der Waals surface area contributed by atoms with E-state index in [0.717, 1.165) is 37.0 Å². The molecule has 4 nitrogen and oxygen atoms in total. The van der Waals surface area contributed by atoms with Gasteiger partial charge in [0.25, 0.3) is 0 Å². The molecule has 0 unspecified atom stereocenters. The first-order valence-corrected chi connectivity index (χ1v) is 7.18. The Morgan fingerprint density at radius 2 is 2.00 bits per heavy atom. The van der Waals surface area contributed by atoms with Crippen molar-refractivity contribution in [3.63, 3.8) is 0 Å². The zero-order chi connectivity index (χ0) is 14.2. The first-order valence-electron chi connectivity index (χ1n) is 7.18. The van der Waals surface area contributed by atoms with Crippen LogP contribution in [0.4, 0.5) is 0 Å². The van der Waals surface area contributed by atoms with Crippen LogP contribution in [0.1, 0.15) is 31.2 Å². The largest absolute Gasteiger partial charge is 0.496 e. The van der Waals surface area contributed by atoms with E-state index in [1.54, 1.807) is 7.11 Å². The van der Waals surface area contributed by atoms with Crippen LogP contribution in [0.3, 0.4) is 0 Å². The van der Waals surface area contributed by atoms with Crippen LogP contribution in [0.2, 0.25) is 0 Å². The lowest BCUT2D eigenvalue weighted by Crippen LogP contribution is -2.39. The number of amides is 1. The monoisotopic (exact) mass is 275 g/mol. The fourth-order valence-electron chi connectivity index (χ4n) is 2.79. The molecule has 20 heavy (non-hydrogen) atoms. The third-order valence-electron chi connectivity index (χ3n) is 4.72. The zero-order valence-corrected chi connectivity index (χ0v) is 11.8. The van der Waals surface area contributed by atoms with Gasteiger partial charge in [-0.05, 0) is 31.7 Å². The minimum absolute atomic E-state index is 0.0491. The maximum atomic E-state index is 12.5. The lowest BCUT2D eigenvalue weighted by Gasteiger charge is -2.20. The number of rotatable bonds is 6. The van der Waals surface area contributed by atoms with Gasteiger partial charge >= 0.3 is 0 Å². The quantitative estimate of drug-likeness (QED) is 0.829. The molecule has 3 rings (SSSR count). The number of hydrogen-bond donors (Lipinski definition) is 2. The Kier molecular flexibility index (Phi) is 3.21. The maximum Gasteiger partial charge on any atom is 0.230 e. The number of carbonyl (C=O) groups excluding carboxylic acids is 1. The summed E-state index contributed by atoms with van der Waals surface area (Å²) < 4.78 is 5.38. The molecule has 1 aromatic carbocycles. The fourth-order valence-corrected chi connectivity index (χ4v) is 2.79. The first-order chi connectivity index (χ1) is 9.66. The highest BCUT2D eigenvalue weighted by Gasteiger charge is 2.53. The van der Waals surface area contributed by atoms with Crippen LogP contribution in [0.25, 0.3) is 0 Å². The highest BCUT2D eigenvalue weighted by Crippen LogP contribution is 2.52. The molecule has 4 heteroatoms. The van der Waals surface area contributed by atoms with E-state index in [2.05, 4.69) is 5.32 Å². The number of para-hydroxylation sites is 1. The van der Waals surface area contributed by atoms with Crippen LogP contribution in [-0.4, -0.2) is 31.3 Å². The molecule has 2 aliphatic rings. The van der Waals surface area contributed by atoms with E-state index in [1.807, 2.05) is 24.3 Å². The molecule has 1 aromatic rings. The highest BCUT2D eigenvalue weighted by molar-refractivity contribution is 5.92. The SMILES string of the molecule is COc1ccccc1C1(C(=O)NCC2(CO)CC2)CC1. The summed E-state index contributed by atoms with van der Waals surface area (Å²) in [6.07, 6.45) is 3.74. The molecule has 2 fully saturated rings. The molecule has 0 radical (unpaired) electrons. The smallest absolute Gasteiger partial charge is 0.230 e. The second-order valence-corrected chi connectivity index (χ2v) is 6.12. The van der Waals surface area contributed by atoms with Gasteiger partial charge in [0.1, 0.15) is 5.75 Å². The molecule has 108 valence electrons. The van der Waals surface area contributed by atoms with Crippen molar-refractivity contribution in [3.8, 4) is 5.75 Å². The van der Waals surface area contributed by atoms with Crippen molar-refractivity contribution in [2.24, 2.45) is 5.41 Å². The predicted molar refractivity (Wildman–Crippen MR) is 75.7 cm³/mol. The minimum atomic E-state index is -0.419. The topological polar surface area (TPSA) is 58.6 Å². The van der Waals surface area contributed by atoms with E-state index < -0.39 is 5.41 Å². The van der Waals surface area contributed by atoms with Crippen molar-refractivity contribution >= 4 is 5.91 Å². The van der Waals surface area contributed by atoms with Gasteiger partial charge in [-0.1, -0.05) is 18.2 Å². The molecule has 0 aliphatic heterocycles. The van der Waals surface area contributed by atoms with Gasteiger partial charge in [0.2, 0.25) is 5.91 Å². The Hall–Kier alpha value is -1.55. The van der Waals surface area contributed by atoms with Gasteiger partial charge in [-0.15, -0.1) is 0 Å². The first kappa shape index (κ1) is 13.4. The summed E-state index contributed by atoms with van der Waals surface area (Å²) in [7, 11) is 1.64. The van der Waals surface area contributed by atoms with Crippen molar-refractivity contribution in [2.75, 3.05) is 20.3 Å². The van der Waals surface area contributed by atoms with Gasteiger partial charge in [-0.25, -0.2) is 0 Å². The van der Waals surface area contributed by atoms with Gasteiger partial charge in [-0.2, -0.15) is 0 Å². The molecular weight excluding hydrogens is 254 g/mol. The van der Waals surface area contributed by atoms with Crippen molar-refractivity contribution < 1.29 is 14.6 Å². The fraction of sp³-hybridized carbons (Fsp3) is 0.562. The lowest BCUT2D eigenvalue weighted by molar-refractivity contribution is -0.123. The lowest BCUT2D eigenvalue weighted by atomic mass is 9.93. The normalized spacial score (nSPS) is 21.1. The number of aliphatic hydroxyl groups is 1.